The minimum absolute atomic E-state index is 0.921. The van der Waals surface area contributed by atoms with Gasteiger partial charge in [-0.15, -0.1) is 0 Å². The van der Waals surface area contributed by atoms with Crippen LogP contribution in [-0.2, 0) is 25.9 Å². The number of nitrogens with zero attached hydrogens (tertiary/aromatic N) is 3. The molecule has 0 spiro atoms. The quantitative estimate of drug-likeness (QED) is 0.809. The van der Waals surface area contributed by atoms with E-state index in [4.69, 9.17) is 0 Å². The maximum absolute atomic E-state index is 4.50. The van der Waals surface area contributed by atoms with Gasteiger partial charge in [-0.25, -0.2) is 0 Å². The molecule has 1 aliphatic rings. The third-order valence-corrected chi connectivity index (χ3v) is 4.71. The number of hydrogen-bond acceptors (Lipinski definition) is 3. The molecule has 4 nitrogen and oxygen atoms in total. The fourth-order valence-corrected chi connectivity index (χ4v) is 3.52. The summed E-state index contributed by atoms with van der Waals surface area (Å²) < 4.78 is 2.49. The van der Waals surface area contributed by atoms with Gasteiger partial charge in [0, 0.05) is 61.5 Å². The first-order valence-electron chi connectivity index (χ1n) is 8.31. The van der Waals surface area contributed by atoms with Crippen molar-refractivity contribution in [1.29, 1.82) is 0 Å². The number of aryl methyl sites for hydroxylation is 4. The molecule has 0 unspecified atom stereocenters. The molecule has 0 fully saturated rings. The van der Waals surface area contributed by atoms with Crippen LogP contribution in [0.25, 0.3) is 10.9 Å². The Kier molecular flexibility index (Phi) is 3.62. The number of fused-ring (bicyclic) bond motifs is 3. The highest BCUT2D eigenvalue weighted by molar-refractivity contribution is 5.86. The summed E-state index contributed by atoms with van der Waals surface area (Å²) in [6, 6.07) is 6.80. The second kappa shape index (κ2) is 5.78. The number of nitrogens with one attached hydrogen (secondary N) is 1. The number of hydrogen-bond donors (Lipinski definition) is 1. The first-order valence-corrected chi connectivity index (χ1v) is 8.31. The van der Waals surface area contributed by atoms with Gasteiger partial charge in [-0.2, -0.15) is 0 Å². The van der Waals surface area contributed by atoms with Crippen molar-refractivity contribution in [3.05, 3.63) is 58.8 Å². The maximum Gasteiger partial charge on any atom is 0.0604 e. The van der Waals surface area contributed by atoms with Gasteiger partial charge in [0.25, 0.3) is 0 Å². The van der Waals surface area contributed by atoms with Crippen molar-refractivity contribution >= 4 is 10.9 Å². The van der Waals surface area contributed by atoms with E-state index in [1.54, 1.807) is 0 Å². The van der Waals surface area contributed by atoms with Gasteiger partial charge in [-0.05, 0) is 31.5 Å². The standard InChI is InChI=1S/C19H22N4/c1-13-3-4-18-16(9-13)17-12-20-7-5-19(17)23(18)8-6-15-11-21-14(2)10-22-15/h3-4,9-11,20H,5-8,12H2,1-2H3. The summed E-state index contributed by atoms with van der Waals surface area (Å²) in [4.78, 5) is 8.85. The van der Waals surface area contributed by atoms with Crippen LogP contribution in [0.5, 0.6) is 0 Å². The van der Waals surface area contributed by atoms with Crippen molar-refractivity contribution in [2.45, 2.75) is 39.8 Å². The van der Waals surface area contributed by atoms with E-state index in [1.807, 2.05) is 19.3 Å². The molecule has 0 aliphatic carbocycles. The molecule has 1 aromatic carbocycles. The second-order valence-electron chi connectivity index (χ2n) is 6.42. The summed E-state index contributed by atoms with van der Waals surface area (Å²) in [7, 11) is 0. The Morgan fingerprint density at radius 3 is 2.91 bits per heavy atom. The van der Waals surface area contributed by atoms with Crippen molar-refractivity contribution in [2.24, 2.45) is 0 Å². The van der Waals surface area contributed by atoms with Crippen molar-refractivity contribution in [1.82, 2.24) is 19.9 Å². The Balaban J connectivity index is 1.72. The highest BCUT2D eigenvalue weighted by atomic mass is 15.0. The zero-order valence-corrected chi connectivity index (χ0v) is 13.8. The predicted molar refractivity (Wildman–Crippen MR) is 92.6 cm³/mol. The Bertz CT molecular complexity index is 846. The van der Waals surface area contributed by atoms with E-state index in [1.165, 1.54) is 27.7 Å². The lowest BCUT2D eigenvalue weighted by atomic mass is 10.0. The van der Waals surface area contributed by atoms with Crippen molar-refractivity contribution < 1.29 is 0 Å². The lowest BCUT2D eigenvalue weighted by Gasteiger charge is -2.17. The van der Waals surface area contributed by atoms with Crippen molar-refractivity contribution in [3.63, 3.8) is 0 Å². The van der Waals surface area contributed by atoms with Gasteiger partial charge in [0.1, 0.15) is 0 Å². The summed E-state index contributed by atoms with van der Waals surface area (Å²) in [5.41, 5.74) is 7.68. The molecular weight excluding hydrogens is 284 g/mol. The molecule has 0 saturated heterocycles. The Morgan fingerprint density at radius 1 is 1.17 bits per heavy atom. The summed E-state index contributed by atoms with van der Waals surface area (Å²) in [6.45, 7) is 7.15. The van der Waals surface area contributed by atoms with Crippen molar-refractivity contribution in [3.8, 4) is 0 Å². The third kappa shape index (κ3) is 2.63. The topological polar surface area (TPSA) is 42.7 Å². The average Bonchev–Trinajstić information content (AvgIpc) is 2.88. The lowest BCUT2D eigenvalue weighted by Crippen LogP contribution is -2.25. The van der Waals surface area contributed by atoms with Crippen LogP contribution in [0, 0.1) is 13.8 Å². The average molecular weight is 306 g/mol. The van der Waals surface area contributed by atoms with E-state index in [0.29, 0.717) is 0 Å². The van der Waals surface area contributed by atoms with E-state index in [9.17, 15) is 0 Å². The van der Waals surface area contributed by atoms with E-state index in [2.05, 4.69) is 45.0 Å². The number of benzene rings is 1. The SMILES string of the molecule is Cc1ccc2c(c1)c1c(n2CCc2cnc(C)cn2)CCNC1. The Morgan fingerprint density at radius 2 is 2.09 bits per heavy atom. The molecule has 3 aromatic rings. The molecule has 4 heteroatoms. The largest absolute Gasteiger partial charge is 0.344 e. The number of rotatable bonds is 3. The van der Waals surface area contributed by atoms with Gasteiger partial charge in [-0.1, -0.05) is 11.6 Å². The van der Waals surface area contributed by atoms with Gasteiger partial charge in [0.2, 0.25) is 0 Å². The van der Waals surface area contributed by atoms with E-state index < -0.39 is 0 Å². The van der Waals surface area contributed by atoms with E-state index in [0.717, 1.165) is 43.9 Å². The molecule has 3 heterocycles. The fourth-order valence-electron chi connectivity index (χ4n) is 3.52. The monoisotopic (exact) mass is 306 g/mol. The lowest BCUT2D eigenvalue weighted by molar-refractivity contribution is 0.592. The third-order valence-electron chi connectivity index (χ3n) is 4.71. The normalized spacial score (nSPS) is 14.2. The van der Waals surface area contributed by atoms with Gasteiger partial charge >= 0.3 is 0 Å². The number of aromatic nitrogens is 3. The first-order chi connectivity index (χ1) is 11.2. The maximum atomic E-state index is 4.50. The van der Waals surface area contributed by atoms with E-state index >= 15 is 0 Å². The molecule has 2 aromatic heterocycles. The van der Waals surface area contributed by atoms with E-state index in [-0.39, 0.29) is 0 Å². The van der Waals surface area contributed by atoms with Gasteiger partial charge in [0.05, 0.1) is 11.4 Å². The molecule has 1 aliphatic heterocycles. The van der Waals surface area contributed by atoms with Crippen LogP contribution in [0.2, 0.25) is 0 Å². The highest BCUT2D eigenvalue weighted by Crippen LogP contribution is 2.29. The molecule has 23 heavy (non-hydrogen) atoms. The minimum atomic E-state index is 0.921. The molecule has 118 valence electrons. The van der Waals surface area contributed by atoms with Crippen LogP contribution in [0.15, 0.2) is 30.6 Å². The van der Waals surface area contributed by atoms with Crippen LogP contribution in [0.1, 0.15) is 28.2 Å². The summed E-state index contributed by atoms with van der Waals surface area (Å²) in [5, 5.41) is 4.92. The summed E-state index contributed by atoms with van der Waals surface area (Å²) >= 11 is 0. The molecule has 0 atom stereocenters. The zero-order valence-electron chi connectivity index (χ0n) is 13.8. The minimum Gasteiger partial charge on any atom is -0.344 e. The van der Waals surface area contributed by atoms with Gasteiger partial charge in [-0.3, -0.25) is 9.97 Å². The van der Waals surface area contributed by atoms with Gasteiger partial charge in [0.15, 0.2) is 0 Å². The van der Waals surface area contributed by atoms with Crippen LogP contribution in [-0.4, -0.2) is 21.1 Å². The molecular formula is C19H22N4. The molecule has 0 radical (unpaired) electrons. The van der Waals surface area contributed by atoms with Crippen LogP contribution in [0.4, 0.5) is 0 Å². The fraction of sp³-hybridized carbons (Fsp3) is 0.368. The Labute approximate surface area is 136 Å². The summed E-state index contributed by atoms with van der Waals surface area (Å²) in [6.07, 6.45) is 5.78. The smallest absolute Gasteiger partial charge is 0.0604 e. The zero-order chi connectivity index (χ0) is 15.8. The molecule has 4 rings (SSSR count). The van der Waals surface area contributed by atoms with Gasteiger partial charge < -0.3 is 9.88 Å². The Hall–Kier alpha value is -2.20. The second-order valence-corrected chi connectivity index (χ2v) is 6.42. The van der Waals surface area contributed by atoms with Crippen molar-refractivity contribution in [2.75, 3.05) is 6.54 Å². The summed E-state index contributed by atoms with van der Waals surface area (Å²) in [5.74, 6) is 0. The van der Waals surface area contributed by atoms with Crippen LogP contribution >= 0.6 is 0 Å². The molecule has 0 saturated carbocycles. The molecule has 0 bridgehead atoms. The van der Waals surface area contributed by atoms with Crippen LogP contribution < -0.4 is 5.32 Å². The molecule has 0 amide bonds. The first kappa shape index (κ1) is 14.4. The highest BCUT2D eigenvalue weighted by Gasteiger charge is 2.19. The van der Waals surface area contributed by atoms with Crippen LogP contribution in [0.3, 0.4) is 0 Å². The predicted octanol–water partition coefficient (Wildman–Crippen LogP) is 2.94. The molecule has 1 N–H and O–H groups in total.